The first-order chi connectivity index (χ1) is 10.2. The first-order valence-corrected chi connectivity index (χ1v) is 7.85. The lowest BCUT2D eigenvalue weighted by molar-refractivity contribution is 0.0453. The van der Waals surface area contributed by atoms with Crippen molar-refractivity contribution < 1.29 is 14.6 Å². The van der Waals surface area contributed by atoms with Crippen LogP contribution < -0.4 is 4.74 Å². The molecular weight excluding hydrogens is 266 g/mol. The molecule has 0 saturated carbocycles. The number of carbonyl (C=O) groups is 1. The van der Waals surface area contributed by atoms with Crippen molar-refractivity contribution in [1.82, 2.24) is 4.90 Å². The van der Waals surface area contributed by atoms with Crippen molar-refractivity contribution >= 4 is 5.91 Å². The summed E-state index contributed by atoms with van der Waals surface area (Å²) in [5.74, 6) is 1.20. The van der Waals surface area contributed by atoms with E-state index in [-0.39, 0.29) is 12.0 Å². The number of hydrogen-bond donors (Lipinski definition) is 1. The molecule has 1 N–H and O–H groups in total. The Kier molecular flexibility index (Phi) is 5.62. The van der Waals surface area contributed by atoms with Gasteiger partial charge in [-0.2, -0.15) is 0 Å². The summed E-state index contributed by atoms with van der Waals surface area (Å²) < 4.78 is 5.39. The van der Waals surface area contributed by atoms with Crippen LogP contribution in [-0.2, 0) is 0 Å². The minimum Gasteiger partial charge on any atom is -0.494 e. The van der Waals surface area contributed by atoms with E-state index < -0.39 is 0 Å². The van der Waals surface area contributed by atoms with Crippen LogP contribution >= 0.6 is 0 Å². The van der Waals surface area contributed by atoms with E-state index in [9.17, 15) is 9.90 Å². The molecule has 116 valence electrons. The summed E-state index contributed by atoms with van der Waals surface area (Å²) in [6, 6.07) is 7.31. The standard InChI is InChI=1S/C17H25NO3/c1-3-16(19)13-9-11-18(12-10-13)17(20)14-5-7-15(8-6-14)21-4-2/h5-8,13,16,19H,3-4,9-12H2,1-2H3. The molecular formula is C17H25NO3. The lowest BCUT2D eigenvalue weighted by atomic mass is 9.90. The van der Waals surface area contributed by atoms with Crippen molar-refractivity contribution in [3.8, 4) is 5.75 Å². The van der Waals surface area contributed by atoms with Crippen molar-refractivity contribution in [1.29, 1.82) is 0 Å². The molecule has 1 aromatic rings. The lowest BCUT2D eigenvalue weighted by Crippen LogP contribution is -2.41. The normalized spacial score (nSPS) is 17.6. The van der Waals surface area contributed by atoms with E-state index in [1.165, 1.54) is 0 Å². The van der Waals surface area contributed by atoms with Crippen molar-refractivity contribution in [2.45, 2.75) is 39.2 Å². The average molecular weight is 291 g/mol. The number of aliphatic hydroxyl groups is 1. The van der Waals surface area contributed by atoms with Gasteiger partial charge in [-0.15, -0.1) is 0 Å². The number of rotatable bonds is 5. The lowest BCUT2D eigenvalue weighted by Gasteiger charge is -2.34. The summed E-state index contributed by atoms with van der Waals surface area (Å²) in [6.45, 7) is 6.03. The van der Waals surface area contributed by atoms with Gasteiger partial charge in [0, 0.05) is 18.7 Å². The average Bonchev–Trinajstić information content (AvgIpc) is 2.54. The summed E-state index contributed by atoms with van der Waals surface area (Å²) in [4.78, 5) is 14.3. The molecule has 0 spiro atoms. The van der Waals surface area contributed by atoms with Gasteiger partial charge in [0.2, 0.25) is 0 Å². The molecule has 1 aromatic carbocycles. The maximum Gasteiger partial charge on any atom is 0.253 e. The van der Waals surface area contributed by atoms with E-state index in [1.807, 2.05) is 43.0 Å². The molecule has 4 nitrogen and oxygen atoms in total. The van der Waals surface area contributed by atoms with Crippen LogP contribution in [0.3, 0.4) is 0 Å². The van der Waals surface area contributed by atoms with Gasteiger partial charge in [0.1, 0.15) is 5.75 Å². The molecule has 1 saturated heterocycles. The van der Waals surface area contributed by atoms with E-state index in [2.05, 4.69) is 0 Å². The third-order valence-corrected chi connectivity index (χ3v) is 4.20. The number of benzene rings is 1. The number of nitrogens with zero attached hydrogens (tertiary/aromatic N) is 1. The van der Waals surface area contributed by atoms with Crippen LogP contribution in [0.2, 0.25) is 0 Å². The monoisotopic (exact) mass is 291 g/mol. The van der Waals surface area contributed by atoms with Crippen LogP contribution in [0.4, 0.5) is 0 Å². The topological polar surface area (TPSA) is 49.8 Å². The minimum absolute atomic E-state index is 0.0717. The van der Waals surface area contributed by atoms with Gasteiger partial charge in [0.15, 0.2) is 0 Å². The fourth-order valence-electron chi connectivity index (χ4n) is 2.86. The van der Waals surface area contributed by atoms with Gasteiger partial charge in [-0.25, -0.2) is 0 Å². The van der Waals surface area contributed by atoms with Crippen LogP contribution in [-0.4, -0.2) is 41.7 Å². The zero-order chi connectivity index (χ0) is 15.2. The second kappa shape index (κ2) is 7.46. The number of carbonyl (C=O) groups excluding carboxylic acids is 1. The summed E-state index contributed by atoms with van der Waals surface area (Å²) >= 11 is 0. The highest BCUT2D eigenvalue weighted by Gasteiger charge is 2.27. The molecule has 21 heavy (non-hydrogen) atoms. The van der Waals surface area contributed by atoms with Gasteiger partial charge < -0.3 is 14.7 Å². The van der Waals surface area contributed by atoms with Gasteiger partial charge in [0.25, 0.3) is 5.91 Å². The number of aliphatic hydroxyl groups excluding tert-OH is 1. The predicted octanol–water partition coefficient (Wildman–Crippen LogP) is 2.71. The van der Waals surface area contributed by atoms with E-state index in [1.54, 1.807) is 0 Å². The second-order valence-electron chi connectivity index (χ2n) is 5.56. The molecule has 4 heteroatoms. The van der Waals surface area contributed by atoms with Crippen LogP contribution in [0.5, 0.6) is 5.75 Å². The first kappa shape index (κ1) is 15.8. The highest BCUT2D eigenvalue weighted by Crippen LogP contribution is 2.24. The Labute approximate surface area is 126 Å². The predicted molar refractivity (Wildman–Crippen MR) is 82.5 cm³/mol. The Morgan fingerprint density at radius 2 is 1.90 bits per heavy atom. The summed E-state index contributed by atoms with van der Waals surface area (Å²) in [5.41, 5.74) is 0.702. The second-order valence-corrected chi connectivity index (χ2v) is 5.56. The van der Waals surface area contributed by atoms with Gasteiger partial charge in [-0.1, -0.05) is 6.92 Å². The van der Waals surface area contributed by atoms with Crippen molar-refractivity contribution in [2.75, 3.05) is 19.7 Å². The summed E-state index contributed by atoms with van der Waals surface area (Å²) in [7, 11) is 0. The molecule has 0 aromatic heterocycles. The highest BCUT2D eigenvalue weighted by molar-refractivity contribution is 5.94. The molecule has 1 aliphatic heterocycles. The van der Waals surface area contributed by atoms with Crippen molar-refractivity contribution in [3.05, 3.63) is 29.8 Å². The van der Waals surface area contributed by atoms with E-state index in [4.69, 9.17) is 4.74 Å². The number of piperidine rings is 1. The van der Waals surface area contributed by atoms with E-state index in [0.717, 1.165) is 38.1 Å². The molecule has 2 rings (SSSR count). The molecule has 0 bridgehead atoms. The zero-order valence-corrected chi connectivity index (χ0v) is 12.9. The van der Waals surface area contributed by atoms with Gasteiger partial charge in [-0.05, 0) is 56.4 Å². The van der Waals surface area contributed by atoms with Gasteiger partial charge in [0.05, 0.1) is 12.7 Å². The smallest absolute Gasteiger partial charge is 0.253 e. The number of amides is 1. The Hall–Kier alpha value is -1.55. The van der Waals surface area contributed by atoms with E-state index >= 15 is 0 Å². The summed E-state index contributed by atoms with van der Waals surface area (Å²) in [6.07, 6.45) is 2.33. The van der Waals surface area contributed by atoms with Crippen molar-refractivity contribution in [3.63, 3.8) is 0 Å². The van der Waals surface area contributed by atoms with Crippen LogP contribution in [0.15, 0.2) is 24.3 Å². The number of ether oxygens (including phenoxy) is 1. The molecule has 1 amide bonds. The summed E-state index contributed by atoms with van der Waals surface area (Å²) in [5, 5.41) is 9.89. The number of hydrogen-bond acceptors (Lipinski definition) is 3. The molecule has 1 atom stereocenters. The fraction of sp³-hybridized carbons (Fsp3) is 0.588. The molecule has 1 aliphatic rings. The molecule has 0 radical (unpaired) electrons. The Balaban J connectivity index is 1.92. The van der Waals surface area contributed by atoms with Gasteiger partial charge in [-0.3, -0.25) is 4.79 Å². The molecule has 1 unspecified atom stereocenters. The first-order valence-electron chi connectivity index (χ1n) is 7.85. The third kappa shape index (κ3) is 3.97. The van der Waals surface area contributed by atoms with Crippen molar-refractivity contribution in [2.24, 2.45) is 5.92 Å². The quantitative estimate of drug-likeness (QED) is 0.907. The molecule has 0 aliphatic carbocycles. The maximum atomic E-state index is 12.4. The van der Waals surface area contributed by atoms with E-state index in [0.29, 0.717) is 18.1 Å². The SMILES string of the molecule is CCOc1ccc(C(=O)N2CCC(C(O)CC)CC2)cc1. The van der Waals surface area contributed by atoms with Gasteiger partial charge >= 0.3 is 0 Å². The fourth-order valence-corrected chi connectivity index (χ4v) is 2.86. The molecule has 1 fully saturated rings. The maximum absolute atomic E-state index is 12.4. The third-order valence-electron chi connectivity index (χ3n) is 4.20. The zero-order valence-electron chi connectivity index (χ0n) is 12.9. The van der Waals surface area contributed by atoms with Crippen LogP contribution in [0.25, 0.3) is 0 Å². The van der Waals surface area contributed by atoms with Crippen LogP contribution in [0, 0.1) is 5.92 Å². The van der Waals surface area contributed by atoms with Crippen LogP contribution in [0.1, 0.15) is 43.5 Å². The Bertz CT molecular complexity index is 450. The number of likely N-dealkylation sites (tertiary alicyclic amines) is 1. The highest BCUT2D eigenvalue weighted by atomic mass is 16.5. The Morgan fingerprint density at radius 3 is 2.43 bits per heavy atom. The Morgan fingerprint density at radius 1 is 1.29 bits per heavy atom. The molecule has 1 heterocycles. The minimum atomic E-state index is -0.229. The largest absolute Gasteiger partial charge is 0.494 e.